The van der Waals surface area contributed by atoms with Crippen LogP contribution in [0.4, 0.5) is 0 Å². The second-order valence-electron chi connectivity index (χ2n) is 4.89. The fourth-order valence-electron chi connectivity index (χ4n) is 2.02. The molecule has 1 aromatic heterocycles. The molecule has 0 N–H and O–H groups in total. The van der Waals surface area contributed by atoms with Crippen LogP contribution in [0.2, 0.25) is 0 Å². The zero-order chi connectivity index (χ0) is 16.2. The van der Waals surface area contributed by atoms with E-state index >= 15 is 0 Å². The lowest BCUT2D eigenvalue weighted by molar-refractivity contribution is -0.145. The zero-order valence-electron chi connectivity index (χ0n) is 12.4. The number of rotatable bonds is 5. The lowest BCUT2D eigenvalue weighted by Crippen LogP contribution is -2.22. The summed E-state index contributed by atoms with van der Waals surface area (Å²) < 4.78 is 20.2. The molecule has 0 bridgehead atoms. The van der Waals surface area contributed by atoms with Gasteiger partial charge in [0.1, 0.15) is 5.75 Å². The highest BCUT2D eigenvalue weighted by molar-refractivity contribution is 5.91. The van der Waals surface area contributed by atoms with Crippen molar-refractivity contribution >= 4 is 11.9 Å². The fraction of sp³-hybridized carbons (Fsp3) is 0.333. The first-order chi connectivity index (χ1) is 11.1. The van der Waals surface area contributed by atoms with E-state index in [0.29, 0.717) is 29.4 Å². The largest absolute Gasteiger partial charge is 0.485 e. The molecule has 8 heteroatoms. The van der Waals surface area contributed by atoms with Crippen molar-refractivity contribution in [2.75, 3.05) is 6.61 Å². The van der Waals surface area contributed by atoms with Crippen molar-refractivity contribution in [3.63, 3.8) is 0 Å². The van der Waals surface area contributed by atoms with E-state index in [9.17, 15) is 9.59 Å². The van der Waals surface area contributed by atoms with E-state index in [-0.39, 0.29) is 13.2 Å². The number of hydrogen-bond acceptors (Lipinski definition) is 8. The average molecular weight is 318 g/mol. The second kappa shape index (κ2) is 6.47. The van der Waals surface area contributed by atoms with Crippen LogP contribution in [-0.2, 0) is 20.9 Å². The third-order valence-electron chi connectivity index (χ3n) is 3.16. The van der Waals surface area contributed by atoms with Crippen molar-refractivity contribution < 1.29 is 28.3 Å². The quantitative estimate of drug-likeness (QED) is 0.763. The molecule has 0 spiro atoms. The molecule has 0 aliphatic carbocycles. The van der Waals surface area contributed by atoms with Gasteiger partial charge < -0.3 is 18.7 Å². The number of hydrogen-bond donors (Lipinski definition) is 0. The molecule has 1 atom stereocenters. The van der Waals surface area contributed by atoms with Gasteiger partial charge in [0.2, 0.25) is 17.8 Å². The van der Waals surface area contributed by atoms with Crippen LogP contribution in [0.3, 0.4) is 0 Å². The first-order valence-corrected chi connectivity index (χ1v) is 7.01. The highest BCUT2D eigenvalue weighted by Gasteiger charge is 2.30. The van der Waals surface area contributed by atoms with Gasteiger partial charge in [0.25, 0.3) is 0 Å². The number of aromatic nitrogens is 2. The van der Waals surface area contributed by atoms with Crippen molar-refractivity contribution in [1.29, 1.82) is 0 Å². The summed E-state index contributed by atoms with van der Waals surface area (Å²) in [6.07, 6.45) is -0.435. The van der Waals surface area contributed by atoms with E-state index in [1.165, 1.54) is 0 Å². The molecule has 2 heterocycles. The molecule has 0 amide bonds. The minimum absolute atomic E-state index is 0.162. The minimum atomic E-state index is -0.820. The summed E-state index contributed by atoms with van der Waals surface area (Å²) >= 11 is 0. The third-order valence-corrected chi connectivity index (χ3v) is 3.16. The lowest BCUT2D eigenvalue weighted by atomic mass is 10.2. The van der Waals surface area contributed by atoms with Crippen molar-refractivity contribution in [3.05, 3.63) is 41.5 Å². The SMILES string of the molecule is Cc1nc(COc2ccc(C(=O)O[C@H]3CCOC3=O)cc2)no1. The van der Waals surface area contributed by atoms with Crippen molar-refractivity contribution in [1.82, 2.24) is 10.1 Å². The van der Waals surface area contributed by atoms with Gasteiger partial charge in [0.05, 0.1) is 12.2 Å². The van der Waals surface area contributed by atoms with Crippen LogP contribution >= 0.6 is 0 Å². The number of carbonyl (C=O) groups excluding carboxylic acids is 2. The normalized spacial score (nSPS) is 16.9. The van der Waals surface area contributed by atoms with Gasteiger partial charge in [-0.05, 0) is 24.3 Å². The van der Waals surface area contributed by atoms with Crippen molar-refractivity contribution in [3.8, 4) is 5.75 Å². The first-order valence-electron chi connectivity index (χ1n) is 7.01. The molecule has 1 saturated heterocycles. The molecule has 120 valence electrons. The Hall–Kier alpha value is -2.90. The van der Waals surface area contributed by atoms with Gasteiger partial charge >= 0.3 is 11.9 Å². The number of esters is 2. The maximum atomic E-state index is 11.9. The van der Waals surface area contributed by atoms with Crippen molar-refractivity contribution in [2.24, 2.45) is 0 Å². The van der Waals surface area contributed by atoms with E-state index in [2.05, 4.69) is 10.1 Å². The van der Waals surface area contributed by atoms with Crippen LogP contribution in [0, 0.1) is 6.92 Å². The van der Waals surface area contributed by atoms with Gasteiger partial charge in [0.15, 0.2) is 6.61 Å². The Morgan fingerprint density at radius 2 is 2.13 bits per heavy atom. The van der Waals surface area contributed by atoms with Crippen LogP contribution in [0.1, 0.15) is 28.5 Å². The topological polar surface area (TPSA) is 101 Å². The molecule has 3 rings (SSSR count). The van der Waals surface area contributed by atoms with Gasteiger partial charge in [-0.1, -0.05) is 5.16 Å². The summed E-state index contributed by atoms with van der Waals surface area (Å²) in [7, 11) is 0. The van der Waals surface area contributed by atoms with E-state index in [1.807, 2.05) is 0 Å². The number of cyclic esters (lactones) is 1. The highest BCUT2D eigenvalue weighted by atomic mass is 16.6. The Morgan fingerprint density at radius 3 is 2.74 bits per heavy atom. The molecule has 2 aromatic rings. The van der Waals surface area contributed by atoms with Gasteiger partial charge in [-0.25, -0.2) is 9.59 Å². The maximum absolute atomic E-state index is 11.9. The summed E-state index contributed by atoms with van der Waals surface area (Å²) in [6, 6.07) is 6.35. The Morgan fingerprint density at radius 1 is 1.35 bits per heavy atom. The van der Waals surface area contributed by atoms with E-state index in [1.54, 1.807) is 31.2 Å². The van der Waals surface area contributed by atoms with E-state index < -0.39 is 18.0 Å². The Kier molecular flexibility index (Phi) is 4.22. The Balaban J connectivity index is 1.55. The monoisotopic (exact) mass is 318 g/mol. The summed E-state index contributed by atoms with van der Waals surface area (Å²) in [6.45, 7) is 2.13. The van der Waals surface area contributed by atoms with E-state index in [0.717, 1.165) is 0 Å². The molecular weight excluding hydrogens is 304 g/mol. The minimum Gasteiger partial charge on any atom is -0.485 e. The molecule has 1 aliphatic rings. The fourth-order valence-corrected chi connectivity index (χ4v) is 2.02. The molecular formula is C15H14N2O6. The standard InChI is InChI=1S/C15H14N2O6/c1-9-16-13(17-23-9)8-21-11-4-2-10(3-5-11)14(18)22-12-6-7-20-15(12)19/h2-5,12H,6-8H2,1H3/t12-/m0/s1. The molecule has 0 saturated carbocycles. The number of nitrogens with zero attached hydrogens (tertiary/aromatic N) is 2. The molecule has 23 heavy (non-hydrogen) atoms. The summed E-state index contributed by atoms with van der Waals surface area (Å²) in [5.41, 5.74) is 0.326. The van der Waals surface area contributed by atoms with Crippen LogP contribution < -0.4 is 4.74 Å². The average Bonchev–Trinajstić information content (AvgIpc) is 3.14. The third kappa shape index (κ3) is 3.65. The van der Waals surface area contributed by atoms with Gasteiger partial charge in [0, 0.05) is 13.3 Å². The van der Waals surface area contributed by atoms with Crippen LogP contribution in [-0.4, -0.2) is 34.8 Å². The molecule has 8 nitrogen and oxygen atoms in total. The molecule has 1 aliphatic heterocycles. The smallest absolute Gasteiger partial charge is 0.347 e. The van der Waals surface area contributed by atoms with Gasteiger partial charge in [-0.3, -0.25) is 0 Å². The van der Waals surface area contributed by atoms with Crippen LogP contribution in [0.25, 0.3) is 0 Å². The van der Waals surface area contributed by atoms with Gasteiger partial charge in [-0.15, -0.1) is 0 Å². The Labute approximate surface area is 131 Å². The maximum Gasteiger partial charge on any atom is 0.347 e. The summed E-state index contributed by atoms with van der Waals surface area (Å²) in [5, 5.41) is 3.71. The molecule has 1 fully saturated rings. The van der Waals surface area contributed by atoms with E-state index in [4.69, 9.17) is 18.7 Å². The molecule has 0 radical (unpaired) electrons. The van der Waals surface area contributed by atoms with Crippen LogP contribution in [0.5, 0.6) is 5.75 Å². The number of benzene rings is 1. The predicted octanol–water partition coefficient (Wildman–Crippen LogP) is 1.43. The number of aryl methyl sites for hydroxylation is 1. The summed E-state index contributed by atoms with van der Waals surface area (Å²) in [5.74, 6) is 0.366. The predicted molar refractivity (Wildman–Crippen MR) is 74.6 cm³/mol. The highest BCUT2D eigenvalue weighted by Crippen LogP contribution is 2.17. The number of carbonyl (C=O) groups is 2. The summed E-state index contributed by atoms with van der Waals surface area (Å²) in [4.78, 5) is 27.2. The van der Waals surface area contributed by atoms with Crippen molar-refractivity contribution in [2.45, 2.75) is 26.1 Å². The molecule has 1 aromatic carbocycles. The zero-order valence-corrected chi connectivity index (χ0v) is 12.4. The van der Waals surface area contributed by atoms with Crippen LogP contribution in [0.15, 0.2) is 28.8 Å². The second-order valence-corrected chi connectivity index (χ2v) is 4.89. The van der Waals surface area contributed by atoms with Gasteiger partial charge in [-0.2, -0.15) is 4.98 Å². The Bertz CT molecular complexity index is 709. The first kappa shape index (κ1) is 15.0. The lowest BCUT2D eigenvalue weighted by Gasteiger charge is -2.09. The number of ether oxygens (including phenoxy) is 3. The molecule has 0 unspecified atom stereocenters.